The second-order valence-electron chi connectivity index (χ2n) is 4.58. The number of aliphatic hydroxyl groups is 1. The van der Waals surface area contributed by atoms with Crippen molar-refractivity contribution in [1.29, 1.82) is 0 Å². The summed E-state index contributed by atoms with van der Waals surface area (Å²) >= 11 is 0. The Hall–Kier alpha value is -1.02. The molecule has 0 spiro atoms. The minimum atomic E-state index is -0.617. The topological polar surface area (TPSA) is 29.5 Å². The number of benzene rings is 1. The van der Waals surface area contributed by atoms with Gasteiger partial charge in [-0.2, -0.15) is 0 Å². The van der Waals surface area contributed by atoms with E-state index in [0.29, 0.717) is 0 Å². The van der Waals surface area contributed by atoms with Gasteiger partial charge in [0.1, 0.15) is 5.75 Å². The summed E-state index contributed by atoms with van der Waals surface area (Å²) in [5.41, 5.74) is 3.87. The third kappa shape index (κ3) is 1.53. The quantitative estimate of drug-likeness (QED) is 0.806. The molecule has 2 nitrogen and oxygen atoms in total. The van der Waals surface area contributed by atoms with E-state index < -0.39 is 5.60 Å². The molecule has 1 N–H and O–H groups in total. The van der Waals surface area contributed by atoms with Crippen molar-refractivity contribution < 1.29 is 9.84 Å². The molecule has 1 aromatic rings. The molecule has 1 saturated carbocycles. The van der Waals surface area contributed by atoms with Crippen molar-refractivity contribution in [3.05, 3.63) is 28.3 Å². The van der Waals surface area contributed by atoms with Gasteiger partial charge in [-0.1, -0.05) is 6.07 Å². The van der Waals surface area contributed by atoms with Crippen molar-refractivity contribution in [2.45, 2.75) is 39.2 Å². The summed E-state index contributed by atoms with van der Waals surface area (Å²) in [4.78, 5) is 0. The number of methoxy groups -OCH3 is 1. The lowest BCUT2D eigenvalue weighted by atomic mass is 9.94. The van der Waals surface area contributed by atoms with E-state index in [0.717, 1.165) is 35.3 Å². The Morgan fingerprint density at radius 2 is 1.80 bits per heavy atom. The third-order valence-corrected chi connectivity index (χ3v) is 3.38. The molecule has 0 atom stereocenters. The van der Waals surface area contributed by atoms with Crippen LogP contribution in [0, 0.1) is 20.8 Å². The van der Waals surface area contributed by atoms with E-state index in [2.05, 4.69) is 13.0 Å². The number of ether oxygens (including phenoxy) is 1. The monoisotopic (exact) mass is 206 g/mol. The van der Waals surface area contributed by atoms with Gasteiger partial charge in [-0.3, -0.25) is 0 Å². The van der Waals surface area contributed by atoms with Crippen molar-refractivity contribution in [3.8, 4) is 5.75 Å². The fraction of sp³-hybridized carbons (Fsp3) is 0.538. The zero-order valence-corrected chi connectivity index (χ0v) is 9.85. The fourth-order valence-corrected chi connectivity index (χ4v) is 2.25. The molecule has 0 saturated heterocycles. The van der Waals surface area contributed by atoms with Gasteiger partial charge < -0.3 is 9.84 Å². The van der Waals surface area contributed by atoms with Gasteiger partial charge in [-0.25, -0.2) is 0 Å². The van der Waals surface area contributed by atoms with E-state index in [4.69, 9.17) is 4.74 Å². The lowest BCUT2D eigenvalue weighted by Gasteiger charge is -2.20. The van der Waals surface area contributed by atoms with E-state index in [9.17, 15) is 5.11 Å². The summed E-state index contributed by atoms with van der Waals surface area (Å²) in [6, 6.07) is 2.13. The molecule has 1 fully saturated rings. The molecule has 1 aromatic carbocycles. The van der Waals surface area contributed by atoms with Gasteiger partial charge >= 0.3 is 0 Å². The van der Waals surface area contributed by atoms with Crippen molar-refractivity contribution in [1.82, 2.24) is 0 Å². The molecule has 0 aromatic heterocycles. The van der Waals surface area contributed by atoms with Crippen LogP contribution in [0.25, 0.3) is 0 Å². The smallest absolute Gasteiger partial charge is 0.128 e. The highest BCUT2D eigenvalue weighted by Crippen LogP contribution is 2.51. The third-order valence-electron chi connectivity index (χ3n) is 3.38. The summed E-state index contributed by atoms with van der Waals surface area (Å²) in [7, 11) is 1.68. The fourth-order valence-electron chi connectivity index (χ4n) is 2.25. The molecule has 2 heteroatoms. The van der Waals surface area contributed by atoms with Crippen LogP contribution in [0.15, 0.2) is 6.07 Å². The zero-order valence-electron chi connectivity index (χ0n) is 9.85. The maximum Gasteiger partial charge on any atom is 0.128 e. The lowest BCUT2D eigenvalue weighted by molar-refractivity contribution is 0.146. The van der Waals surface area contributed by atoms with Gasteiger partial charge in [0.15, 0.2) is 0 Å². The minimum absolute atomic E-state index is 0.617. The Bertz CT molecular complexity index is 403. The number of aryl methyl sites for hydroxylation is 2. The Morgan fingerprint density at radius 3 is 2.27 bits per heavy atom. The minimum Gasteiger partial charge on any atom is -0.496 e. The zero-order chi connectivity index (χ0) is 11.2. The van der Waals surface area contributed by atoms with Crippen molar-refractivity contribution >= 4 is 0 Å². The summed E-state index contributed by atoms with van der Waals surface area (Å²) in [6.45, 7) is 6.16. The lowest BCUT2D eigenvalue weighted by Crippen LogP contribution is -2.11. The molecule has 0 unspecified atom stereocenters. The standard InChI is InChI=1S/C13H18O2/c1-8-7-9(2)11(13(14)5-6-13)12(15-4)10(8)3/h7,14H,5-6H2,1-4H3. The molecule has 0 amide bonds. The number of rotatable bonds is 2. The van der Waals surface area contributed by atoms with E-state index in [-0.39, 0.29) is 0 Å². The maximum atomic E-state index is 10.2. The highest BCUT2D eigenvalue weighted by molar-refractivity contribution is 5.53. The molecule has 0 aliphatic heterocycles. The molecule has 1 aliphatic rings. The van der Waals surface area contributed by atoms with Gasteiger partial charge in [-0.15, -0.1) is 0 Å². The van der Waals surface area contributed by atoms with Crippen LogP contribution in [0.3, 0.4) is 0 Å². The van der Waals surface area contributed by atoms with Crippen molar-refractivity contribution in [2.24, 2.45) is 0 Å². The van der Waals surface area contributed by atoms with Crippen molar-refractivity contribution in [2.75, 3.05) is 7.11 Å². The molecule has 82 valence electrons. The Kier molecular flexibility index (Phi) is 2.27. The second kappa shape index (κ2) is 3.24. The first kappa shape index (κ1) is 10.5. The molecular formula is C13H18O2. The first-order valence-corrected chi connectivity index (χ1v) is 5.37. The predicted molar refractivity (Wildman–Crippen MR) is 60.3 cm³/mol. The van der Waals surface area contributed by atoms with Crippen LogP contribution in [0.2, 0.25) is 0 Å². The van der Waals surface area contributed by atoms with Gasteiger partial charge in [0.2, 0.25) is 0 Å². The first-order chi connectivity index (χ1) is 6.99. The highest BCUT2D eigenvalue weighted by Gasteiger charge is 2.45. The summed E-state index contributed by atoms with van der Waals surface area (Å²) < 4.78 is 5.44. The molecule has 1 aliphatic carbocycles. The summed E-state index contributed by atoms with van der Waals surface area (Å²) in [5, 5.41) is 10.2. The van der Waals surface area contributed by atoms with Crippen LogP contribution >= 0.6 is 0 Å². The molecule has 0 radical (unpaired) electrons. The largest absolute Gasteiger partial charge is 0.496 e. The van der Waals surface area contributed by atoms with Crippen LogP contribution in [-0.2, 0) is 5.60 Å². The second-order valence-corrected chi connectivity index (χ2v) is 4.58. The van der Waals surface area contributed by atoms with E-state index in [1.165, 1.54) is 5.56 Å². The Labute approximate surface area is 90.9 Å². The van der Waals surface area contributed by atoms with E-state index in [1.54, 1.807) is 7.11 Å². The first-order valence-electron chi connectivity index (χ1n) is 5.37. The highest BCUT2D eigenvalue weighted by atomic mass is 16.5. The predicted octanol–water partition coefficient (Wildman–Crippen LogP) is 2.60. The summed E-state index contributed by atoms with van der Waals surface area (Å²) in [6.07, 6.45) is 1.71. The number of hydrogen-bond donors (Lipinski definition) is 1. The molecular weight excluding hydrogens is 188 g/mol. The molecule has 0 bridgehead atoms. The molecule has 15 heavy (non-hydrogen) atoms. The molecule has 0 heterocycles. The SMILES string of the molecule is COc1c(C)c(C)cc(C)c1C1(O)CC1. The number of hydrogen-bond acceptors (Lipinski definition) is 2. The van der Waals surface area contributed by atoms with Gasteiger partial charge in [0.25, 0.3) is 0 Å². The van der Waals surface area contributed by atoms with Crippen LogP contribution in [0.1, 0.15) is 35.1 Å². The van der Waals surface area contributed by atoms with Crippen LogP contribution in [0.4, 0.5) is 0 Å². The Balaban J connectivity index is 2.66. The Morgan fingerprint density at radius 1 is 1.20 bits per heavy atom. The average Bonchev–Trinajstić information content (AvgIpc) is 2.90. The van der Waals surface area contributed by atoms with Crippen LogP contribution < -0.4 is 4.74 Å². The van der Waals surface area contributed by atoms with Crippen LogP contribution in [-0.4, -0.2) is 12.2 Å². The summed E-state index contributed by atoms with van der Waals surface area (Å²) in [5.74, 6) is 0.868. The maximum absolute atomic E-state index is 10.2. The van der Waals surface area contributed by atoms with E-state index in [1.807, 2.05) is 13.8 Å². The average molecular weight is 206 g/mol. The van der Waals surface area contributed by atoms with Crippen LogP contribution in [0.5, 0.6) is 5.75 Å². The van der Waals surface area contributed by atoms with Gasteiger partial charge in [-0.05, 0) is 50.3 Å². The van der Waals surface area contributed by atoms with E-state index >= 15 is 0 Å². The van der Waals surface area contributed by atoms with Gasteiger partial charge in [0, 0.05) is 5.56 Å². The van der Waals surface area contributed by atoms with Crippen molar-refractivity contribution in [3.63, 3.8) is 0 Å². The van der Waals surface area contributed by atoms with Gasteiger partial charge in [0.05, 0.1) is 12.7 Å². The molecule has 2 rings (SSSR count). The normalized spacial score (nSPS) is 17.7.